The van der Waals surface area contributed by atoms with Gasteiger partial charge < -0.3 is 4.74 Å². The van der Waals surface area contributed by atoms with Crippen molar-refractivity contribution < 1.29 is 22.7 Å². The fraction of sp³-hybridized carbons (Fsp3) is 0.231. The minimum absolute atomic E-state index is 0.0368. The highest BCUT2D eigenvalue weighted by molar-refractivity contribution is 6.03. The summed E-state index contributed by atoms with van der Waals surface area (Å²) in [7, 11) is 0. The Morgan fingerprint density at radius 1 is 1.45 bits per heavy atom. The van der Waals surface area contributed by atoms with Crippen LogP contribution in [0.25, 0.3) is 21.3 Å². The van der Waals surface area contributed by atoms with Gasteiger partial charge in [0.25, 0.3) is 0 Å². The van der Waals surface area contributed by atoms with Crippen molar-refractivity contribution in [3.63, 3.8) is 0 Å². The molecular formula is C13H9F3N4O2. The number of ether oxygens (including phenoxy) is 1. The highest BCUT2D eigenvalue weighted by Gasteiger charge is 2.31. The number of rotatable bonds is 3. The summed E-state index contributed by atoms with van der Waals surface area (Å²) in [4.78, 5) is 18.2. The number of fused-ring (bicyclic) bond motifs is 1. The molecule has 22 heavy (non-hydrogen) atoms. The van der Waals surface area contributed by atoms with Crippen LogP contribution >= 0.6 is 0 Å². The standard InChI is InChI=1S/C13H9F3N4O2/c1-2-22-12(21)9-6-18-10-5-7(13(14,15)16)3-4-8(10)11(9)19-20-17/h3-6H,2H2,1H3. The molecule has 1 aromatic heterocycles. The monoisotopic (exact) mass is 310 g/mol. The van der Waals surface area contributed by atoms with Crippen LogP contribution in [-0.4, -0.2) is 17.6 Å². The van der Waals surface area contributed by atoms with Crippen molar-refractivity contribution in [1.29, 1.82) is 0 Å². The van der Waals surface area contributed by atoms with Gasteiger partial charge in [-0.25, -0.2) is 4.79 Å². The lowest BCUT2D eigenvalue weighted by molar-refractivity contribution is -0.137. The fourth-order valence-electron chi connectivity index (χ4n) is 1.87. The predicted molar refractivity (Wildman–Crippen MR) is 71.5 cm³/mol. The number of esters is 1. The molecule has 6 nitrogen and oxygen atoms in total. The normalized spacial score (nSPS) is 11.1. The second-order valence-corrected chi connectivity index (χ2v) is 4.16. The van der Waals surface area contributed by atoms with Crippen LogP contribution in [0.15, 0.2) is 29.5 Å². The van der Waals surface area contributed by atoms with Crippen molar-refractivity contribution in [2.24, 2.45) is 5.11 Å². The van der Waals surface area contributed by atoms with Gasteiger partial charge in [0.2, 0.25) is 0 Å². The molecule has 0 N–H and O–H groups in total. The Bertz CT molecular complexity index is 783. The molecule has 0 unspecified atom stereocenters. The molecule has 0 aliphatic rings. The van der Waals surface area contributed by atoms with Crippen molar-refractivity contribution in [2.45, 2.75) is 13.1 Å². The van der Waals surface area contributed by atoms with Crippen LogP contribution in [0.5, 0.6) is 0 Å². The van der Waals surface area contributed by atoms with E-state index in [1.54, 1.807) is 6.92 Å². The molecule has 0 saturated carbocycles. The fourth-order valence-corrected chi connectivity index (χ4v) is 1.87. The van der Waals surface area contributed by atoms with E-state index in [-0.39, 0.29) is 28.8 Å². The summed E-state index contributed by atoms with van der Waals surface area (Å²) in [5.41, 5.74) is 7.47. The smallest absolute Gasteiger partial charge is 0.416 e. The number of azide groups is 1. The number of hydrogen-bond donors (Lipinski definition) is 0. The molecule has 0 bridgehead atoms. The minimum atomic E-state index is -4.52. The Morgan fingerprint density at radius 2 is 2.18 bits per heavy atom. The van der Waals surface area contributed by atoms with E-state index in [1.807, 2.05) is 0 Å². The average molecular weight is 310 g/mol. The Kier molecular flexibility index (Phi) is 4.18. The third kappa shape index (κ3) is 2.94. The lowest BCUT2D eigenvalue weighted by Gasteiger charge is -2.10. The quantitative estimate of drug-likeness (QED) is 0.365. The number of halogens is 3. The number of benzene rings is 1. The van der Waals surface area contributed by atoms with Gasteiger partial charge in [-0.1, -0.05) is 11.2 Å². The second kappa shape index (κ2) is 5.90. The van der Waals surface area contributed by atoms with Crippen molar-refractivity contribution >= 4 is 22.6 Å². The largest absolute Gasteiger partial charge is 0.462 e. The zero-order valence-electron chi connectivity index (χ0n) is 11.3. The molecule has 0 aliphatic carbocycles. The molecule has 0 radical (unpaired) electrons. The van der Waals surface area contributed by atoms with Crippen LogP contribution in [0.2, 0.25) is 0 Å². The number of hydrogen-bond acceptors (Lipinski definition) is 4. The summed E-state index contributed by atoms with van der Waals surface area (Å²) in [6, 6.07) is 2.76. The van der Waals surface area contributed by atoms with Crippen LogP contribution in [0, 0.1) is 0 Å². The van der Waals surface area contributed by atoms with Gasteiger partial charge in [-0.15, -0.1) is 0 Å². The Labute approximate surface area is 122 Å². The van der Waals surface area contributed by atoms with Crippen LogP contribution in [-0.2, 0) is 10.9 Å². The van der Waals surface area contributed by atoms with E-state index in [0.29, 0.717) is 0 Å². The first kappa shape index (κ1) is 15.6. The Balaban J connectivity index is 2.70. The topological polar surface area (TPSA) is 88.0 Å². The lowest BCUT2D eigenvalue weighted by atomic mass is 10.1. The summed E-state index contributed by atoms with van der Waals surface area (Å²) in [5, 5.41) is 3.52. The maximum Gasteiger partial charge on any atom is 0.416 e. The van der Waals surface area contributed by atoms with Gasteiger partial charge >= 0.3 is 12.1 Å². The maximum absolute atomic E-state index is 12.7. The molecule has 0 atom stereocenters. The third-order valence-corrected chi connectivity index (χ3v) is 2.81. The van der Waals surface area contributed by atoms with E-state index in [0.717, 1.165) is 24.4 Å². The molecule has 9 heteroatoms. The summed E-state index contributed by atoms with van der Waals surface area (Å²) < 4.78 is 42.9. The zero-order valence-corrected chi connectivity index (χ0v) is 11.3. The van der Waals surface area contributed by atoms with E-state index < -0.39 is 17.7 Å². The third-order valence-electron chi connectivity index (χ3n) is 2.81. The molecule has 0 saturated heterocycles. The first-order valence-electron chi connectivity index (χ1n) is 6.10. The summed E-state index contributed by atoms with van der Waals surface area (Å²) in [6.07, 6.45) is -3.49. The molecule has 1 aromatic carbocycles. The molecular weight excluding hydrogens is 301 g/mol. The highest BCUT2D eigenvalue weighted by Crippen LogP contribution is 2.35. The van der Waals surface area contributed by atoms with Gasteiger partial charge in [0.15, 0.2) is 0 Å². The van der Waals surface area contributed by atoms with Crippen molar-refractivity contribution in [3.05, 3.63) is 46.0 Å². The molecule has 2 aromatic rings. The lowest BCUT2D eigenvalue weighted by Crippen LogP contribution is -2.07. The van der Waals surface area contributed by atoms with Crippen LogP contribution in [0.3, 0.4) is 0 Å². The van der Waals surface area contributed by atoms with Gasteiger partial charge in [-0.2, -0.15) is 13.2 Å². The average Bonchev–Trinajstić information content (AvgIpc) is 2.46. The number of nitrogens with zero attached hydrogens (tertiary/aromatic N) is 4. The second-order valence-electron chi connectivity index (χ2n) is 4.16. The SMILES string of the molecule is CCOC(=O)c1cnc2cc(C(F)(F)F)ccc2c1N=[N+]=[N-]. The summed E-state index contributed by atoms with van der Waals surface area (Å²) >= 11 is 0. The first-order chi connectivity index (χ1) is 10.4. The van der Waals surface area contributed by atoms with Gasteiger partial charge in [0, 0.05) is 16.5 Å². The van der Waals surface area contributed by atoms with E-state index in [4.69, 9.17) is 10.3 Å². The number of alkyl halides is 3. The van der Waals surface area contributed by atoms with Gasteiger partial charge in [-0.05, 0) is 24.6 Å². The summed E-state index contributed by atoms with van der Waals surface area (Å²) in [6.45, 7) is 1.69. The van der Waals surface area contributed by atoms with Crippen molar-refractivity contribution in [1.82, 2.24) is 4.98 Å². The van der Waals surface area contributed by atoms with Gasteiger partial charge in [0.1, 0.15) is 0 Å². The van der Waals surface area contributed by atoms with E-state index in [2.05, 4.69) is 15.0 Å². The maximum atomic E-state index is 12.7. The van der Waals surface area contributed by atoms with E-state index >= 15 is 0 Å². The minimum Gasteiger partial charge on any atom is -0.462 e. The van der Waals surface area contributed by atoms with E-state index in [9.17, 15) is 18.0 Å². The number of carbonyl (C=O) groups excluding carboxylic acids is 1. The highest BCUT2D eigenvalue weighted by atomic mass is 19.4. The molecule has 114 valence electrons. The number of pyridine rings is 1. The zero-order chi connectivity index (χ0) is 16.3. The van der Waals surface area contributed by atoms with Crippen LogP contribution in [0.1, 0.15) is 22.8 Å². The molecule has 1 heterocycles. The Hall–Kier alpha value is -2.80. The first-order valence-corrected chi connectivity index (χ1v) is 6.10. The number of carbonyl (C=O) groups is 1. The molecule has 0 amide bonds. The molecule has 0 fully saturated rings. The van der Waals surface area contributed by atoms with Crippen LogP contribution in [0.4, 0.5) is 18.9 Å². The van der Waals surface area contributed by atoms with Gasteiger partial charge in [0.05, 0.1) is 28.9 Å². The van der Waals surface area contributed by atoms with Crippen LogP contribution < -0.4 is 0 Å². The molecule has 0 aliphatic heterocycles. The van der Waals surface area contributed by atoms with E-state index in [1.165, 1.54) is 0 Å². The predicted octanol–water partition coefficient (Wildman–Crippen LogP) is 4.37. The van der Waals surface area contributed by atoms with Gasteiger partial charge in [-0.3, -0.25) is 4.98 Å². The molecule has 2 rings (SSSR count). The number of aromatic nitrogens is 1. The van der Waals surface area contributed by atoms with Crippen molar-refractivity contribution in [2.75, 3.05) is 6.61 Å². The Morgan fingerprint density at radius 3 is 2.77 bits per heavy atom. The molecule has 0 spiro atoms. The van der Waals surface area contributed by atoms with Crippen molar-refractivity contribution in [3.8, 4) is 0 Å². The summed E-state index contributed by atoms with van der Waals surface area (Å²) in [5.74, 6) is -0.765.